The molecule has 0 amide bonds. The minimum absolute atomic E-state index is 0.140. The van der Waals surface area contributed by atoms with Crippen molar-refractivity contribution in [1.29, 1.82) is 0 Å². The van der Waals surface area contributed by atoms with Crippen LogP contribution in [-0.2, 0) is 10.8 Å². The number of anilines is 6. The van der Waals surface area contributed by atoms with Crippen LogP contribution in [0.25, 0.3) is 77.2 Å². The summed E-state index contributed by atoms with van der Waals surface area (Å²) in [6, 6.07) is 93.2. The summed E-state index contributed by atoms with van der Waals surface area (Å²) in [7, 11) is 0. The van der Waals surface area contributed by atoms with E-state index in [0.29, 0.717) is 0 Å². The highest BCUT2D eigenvalue weighted by molar-refractivity contribution is 7.00. The molecule has 0 aliphatic carbocycles. The van der Waals surface area contributed by atoms with Crippen molar-refractivity contribution < 1.29 is 0 Å². The van der Waals surface area contributed by atoms with Gasteiger partial charge in [0.25, 0.3) is 6.71 Å². The number of rotatable bonds is 6. The zero-order chi connectivity index (χ0) is 53.3. The van der Waals surface area contributed by atoms with Crippen molar-refractivity contribution in [2.45, 2.75) is 52.4 Å². The number of benzene rings is 11. The van der Waals surface area contributed by atoms with Crippen molar-refractivity contribution in [2.24, 2.45) is 0 Å². The lowest BCUT2D eigenvalue weighted by atomic mass is 9.33. The first kappa shape index (κ1) is 46.9. The van der Waals surface area contributed by atoms with Gasteiger partial charge in [-0.1, -0.05) is 217 Å². The third-order valence-corrected chi connectivity index (χ3v) is 16.9. The van der Waals surface area contributed by atoms with Gasteiger partial charge < -0.3 is 18.9 Å². The molecule has 0 bridgehead atoms. The molecule has 2 aliphatic heterocycles. The molecule has 0 atom stereocenters. The van der Waals surface area contributed by atoms with E-state index >= 15 is 0 Å². The lowest BCUT2D eigenvalue weighted by Gasteiger charge is -2.45. The molecule has 0 unspecified atom stereocenters. The molecule has 2 aromatic heterocycles. The average molecular weight is 1020 g/mol. The smallest absolute Gasteiger partial charge is 0.252 e. The molecule has 378 valence electrons. The van der Waals surface area contributed by atoms with Crippen LogP contribution in [-0.4, -0.2) is 15.8 Å². The third kappa shape index (κ3) is 7.15. The van der Waals surface area contributed by atoms with Crippen LogP contribution < -0.4 is 26.2 Å². The van der Waals surface area contributed by atoms with Gasteiger partial charge in [-0.05, 0) is 122 Å². The first-order valence-electron chi connectivity index (χ1n) is 27.9. The Morgan fingerprint density at radius 1 is 0.304 bits per heavy atom. The molecule has 0 radical (unpaired) electrons. The average Bonchev–Trinajstić information content (AvgIpc) is 2.81. The van der Waals surface area contributed by atoms with Crippen LogP contribution in [0.15, 0.2) is 249 Å². The second-order valence-electron chi connectivity index (χ2n) is 23.7. The number of hydrogen-bond acceptors (Lipinski definition) is 2. The Balaban J connectivity index is 1.08. The first-order chi connectivity index (χ1) is 38.5. The topological polar surface area (TPSA) is 16.3 Å². The Labute approximate surface area is 463 Å². The maximum atomic E-state index is 2.60. The summed E-state index contributed by atoms with van der Waals surface area (Å²) < 4.78 is 5.08. The fraction of sp³-hybridized carbons (Fsp3) is 0.108. The standard InChI is InChI=1S/C74H59BN4/c1-73(2,3)58-34-15-19-38-64(58)78-66-44-42-50(76-62-36-17-13-28-54(62)56-32-21-30-52(71(56)76)48-24-9-7-10-25-48)46-60(66)75-61-47-51(77-63-37-18-14-29-55(63)57-33-22-31-53(72(57)77)49-26-11-8-12-27-49)43-45-67(61)79(69-41-23-40-68(78)70(69)75)65-39-20-16-35-59(65)74(4,5)6/h7-47H,1-6H3. The molecule has 0 fully saturated rings. The van der Waals surface area contributed by atoms with E-state index in [4.69, 9.17) is 0 Å². The van der Waals surface area contributed by atoms with Crippen molar-refractivity contribution in [3.05, 3.63) is 260 Å². The molecule has 13 aromatic rings. The van der Waals surface area contributed by atoms with Crippen LogP contribution in [0.1, 0.15) is 52.7 Å². The fourth-order valence-electron chi connectivity index (χ4n) is 13.6. The van der Waals surface area contributed by atoms with E-state index in [-0.39, 0.29) is 17.5 Å². The van der Waals surface area contributed by atoms with Crippen LogP contribution in [0.3, 0.4) is 0 Å². The molecule has 2 aliphatic rings. The van der Waals surface area contributed by atoms with E-state index in [9.17, 15) is 0 Å². The van der Waals surface area contributed by atoms with E-state index in [1.165, 1.54) is 128 Å². The van der Waals surface area contributed by atoms with E-state index in [1.807, 2.05) is 0 Å². The molecule has 79 heavy (non-hydrogen) atoms. The minimum atomic E-state index is -0.157. The Hall–Kier alpha value is -9.32. The quantitative estimate of drug-likeness (QED) is 0.154. The molecule has 0 spiro atoms. The predicted molar refractivity (Wildman–Crippen MR) is 337 cm³/mol. The minimum Gasteiger partial charge on any atom is -0.311 e. The predicted octanol–water partition coefficient (Wildman–Crippen LogP) is 17.9. The molecular formula is C74H59BN4. The van der Waals surface area contributed by atoms with Crippen LogP contribution in [0.5, 0.6) is 0 Å². The highest BCUT2D eigenvalue weighted by Crippen LogP contribution is 2.49. The van der Waals surface area contributed by atoms with Crippen molar-refractivity contribution in [3.8, 4) is 33.6 Å². The summed E-state index contributed by atoms with van der Waals surface area (Å²) in [5.41, 5.74) is 25.1. The second-order valence-corrected chi connectivity index (χ2v) is 23.7. The summed E-state index contributed by atoms with van der Waals surface area (Å²) in [5, 5.41) is 4.96. The van der Waals surface area contributed by atoms with Gasteiger partial charge in [0.2, 0.25) is 0 Å². The maximum absolute atomic E-state index is 2.60. The van der Waals surface area contributed by atoms with Gasteiger partial charge in [0, 0.05) is 78.2 Å². The molecule has 4 heterocycles. The molecule has 15 rings (SSSR count). The molecule has 0 saturated carbocycles. The summed E-state index contributed by atoms with van der Waals surface area (Å²) in [6.45, 7) is 13.9. The second kappa shape index (κ2) is 17.6. The molecule has 11 aromatic carbocycles. The van der Waals surface area contributed by atoms with Crippen LogP contribution >= 0.6 is 0 Å². The summed E-state index contributed by atoms with van der Waals surface area (Å²) >= 11 is 0. The van der Waals surface area contributed by atoms with E-state index < -0.39 is 0 Å². The van der Waals surface area contributed by atoms with Gasteiger partial charge in [0.1, 0.15) is 0 Å². The Morgan fingerprint density at radius 2 is 0.671 bits per heavy atom. The number of aromatic nitrogens is 2. The maximum Gasteiger partial charge on any atom is 0.252 e. The highest BCUT2D eigenvalue weighted by atomic mass is 15.2. The Bertz CT molecular complexity index is 4300. The van der Waals surface area contributed by atoms with Crippen molar-refractivity contribution in [3.63, 3.8) is 0 Å². The SMILES string of the molecule is CC(C)(C)c1ccccc1N1c2ccc(-n3c4ccccc4c4cccc(-c5ccccc5)c43)cc2B2c3cc(-n4c5ccccc5c5cccc(-c6ccccc6)c54)ccc3N(c3ccccc3C(C)(C)C)c3cccc1c32. The van der Waals surface area contributed by atoms with Crippen molar-refractivity contribution >= 4 is 101 Å². The molecule has 0 saturated heterocycles. The monoisotopic (exact) mass is 1010 g/mol. The molecule has 5 heteroatoms. The van der Waals surface area contributed by atoms with Gasteiger partial charge >= 0.3 is 0 Å². The lowest BCUT2D eigenvalue weighted by Crippen LogP contribution is -2.61. The van der Waals surface area contributed by atoms with E-state index in [0.717, 1.165) is 11.4 Å². The number of para-hydroxylation sites is 6. The lowest BCUT2D eigenvalue weighted by molar-refractivity contribution is 0.591. The summed E-state index contributed by atoms with van der Waals surface area (Å²) in [6.07, 6.45) is 0. The molecule has 0 N–H and O–H groups in total. The van der Waals surface area contributed by atoms with Gasteiger partial charge in [-0.3, -0.25) is 0 Å². The number of nitrogens with zero attached hydrogens (tertiary/aromatic N) is 4. The number of hydrogen-bond donors (Lipinski definition) is 0. The molecule has 4 nitrogen and oxygen atoms in total. The van der Waals surface area contributed by atoms with Gasteiger partial charge in [-0.2, -0.15) is 0 Å². The largest absolute Gasteiger partial charge is 0.311 e. The Kier molecular flexibility index (Phi) is 10.5. The summed E-state index contributed by atoms with van der Waals surface area (Å²) in [5.74, 6) is 0. The van der Waals surface area contributed by atoms with Crippen LogP contribution in [0.4, 0.5) is 34.1 Å². The van der Waals surface area contributed by atoms with Gasteiger partial charge in [-0.15, -0.1) is 0 Å². The normalized spacial score (nSPS) is 13.1. The van der Waals surface area contributed by atoms with Crippen molar-refractivity contribution in [1.82, 2.24) is 9.13 Å². The van der Waals surface area contributed by atoms with Gasteiger partial charge in [-0.25, -0.2) is 0 Å². The third-order valence-electron chi connectivity index (χ3n) is 16.9. The van der Waals surface area contributed by atoms with Gasteiger partial charge in [0.05, 0.1) is 22.1 Å². The zero-order valence-corrected chi connectivity index (χ0v) is 45.5. The zero-order valence-electron chi connectivity index (χ0n) is 45.5. The molecular weight excluding hydrogens is 956 g/mol. The van der Waals surface area contributed by atoms with Crippen LogP contribution in [0.2, 0.25) is 0 Å². The highest BCUT2D eigenvalue weighted by Gasteiger charge is 2.45. The summed E-state index contributed by atoms with van der Waals surface area (Å²) in [4.78, 5) is 5.19. The van der Waals surface area contributed by atoms with Crippen LogP contribution in [0, 0.1) is 0 Å². The van der Waals surface area contributed by atoms with Gasteiger partial charge in [0.15, 0.2) is 0 Å². The van der Waals surface area contributed by atoms with Crippen molar-refractivity contribution in [2.75, 3.05) is 9.80 Å². The van der Waals surface area contributed by atoms with E-state index in [1.54, 1.807) is 0 Å². The van der Waals surface area contributed by atoms with E-state index in [2.05, 4.69) is 309 Å². The first-order valence-corrected chi connectivity index (χ1v) is 27.9. The Morgan fingerprint density at radius 3 is 1.11 bits per heavy atom. The number of fused-ring (bicyclic) bond motifs is 10. The fourth-order valence-corrected chi connectivity index (χ4v) is 13.6.